The summed E-state index contributed by atoms with van der Waals surface area (Å²) in [6.07, 6.45) is 6.71. The number of benzene rings is 1. The van der Waals surface area contributed by atoms with Gasteiger partial charge in [0, 0.05) is 29.2 Å². The number of aromatic hydroxyl groups is 1. The number of hydrogen-bond acceptors (Lipinski definition) is 2. The first kappa shape index (κ1) is 20.4. The number of rotatable bonds is 1. The van der Waals surface area contributed by atoms with E-state index in [2.05, 4.69) is 81.3 Å². The minimum absolute atomic E-state index is 0.0913. The van der Waals surface area contributed by atoms with Crippen LogP contribution in [-0.2, 0) is 10.8 Å². The van der Waals surface area contributed by atoms with Gasteiger partial charge in [0.15, 0.2) is 0 Å². The van der Waals surface area contributed by atoms with Gasteiger partial charge < -0.3 is 5.11 Å². The maximum absolute atomic E-state index is 10.9. The second-order valence-electron chi connectivity index (χ2n) is 9.60. The van der Waals surface area contributed by atoms with Gasteiger partial charge in [0.25, 0.3) is 0 Å². The summed E-state index contributed by atoms with van der Waals surface area (Å²) in [6.45, 7) is 14.9. The van der Waals surface area contributed by atoms with Gasteiger partial charge in [-0.15, -0.1) is 0 Å². The van der Waals surface area contributed by atoms with Gasteiger partial charge in [-0.05, 0) is 46.8 Å². The van der Waals surface area contributed by atoms with E-state index in [0.29, 0.717) is 5.75 Å². The van der Waals surface area contributed by atoms with Gasteiger partial charge in [-0.2, -0.15) is 0 Å². The molecular formula is C23H34N2OS. The van der Waals surface area contributed by atoms with Crippen LogP contribution in [0.1, 0.15) is 71.1 Å². The molecule has 0 spiro atoms. The van der Waals surface area contributed by atoms with Crippen LogP contribution >= 0.6 is 10.7 Å². The Morgan fingerprint density at radius 2 is 1.63 bits per heavy atom. The van der Waals surface area contributed by atoms with E-state index in [1.54, 1.807) is 0 Å². The molecule has 1 aromatic carbocycles. The highest BCUT2D eigenvalue weighted by atomic mass is 32.2. The minimum Gasteiger partial charge on any atom is -0.507 e. The molecule has 27 heavy (non-hydrogen) atoms. The molecule has 0 radical (unpaired) electrons. The van der Waals surface area contributed by atoms with Crippen LogP contribution < -0.4 is 10.0 Å². The Bertz CT molecular complexity index is 773. The van der Waals surface area contributed by atoms with Crippen molar-refractivity contribution in [2.45, 2.75) is 65.2 Å². The lowest BCUT2D eigenvalue weighted by atomic mass is 9.78. The summed E-state index contributed by atoms with van der Waals surface area (Å²) in [6, 6.07) is 4.33. The number of piperidine rings is 1. The molecule has 3 nitrogen and oxygen atoms in total. The Morgan fingerprint density at radius 3 is 2.07 bits per heavy atom. The van der Waals surface area contributed by atoms with Gasteiger partial charge >= 0.3 is 0 Å². The summed E-state index contributed by atoms with van der Waals surface area (Å²) >= 11 is 0. The van der Waals surface area contributed by atoms with E-state index in [9.17, 15) is 5.11 Å². The fourth-order valence-electron chi connectivity index (χ4n) is 3.59. The molecule has 148 valence electrons. The van der Waals surface area contributed by atoms with E-state index in [1.807, 2.05) is 0 Å². The van der Waals surface area contributed by atoms with Gasteiger partial charge in [0.1, 0.15) is 5.75 Å². The topological polar surface area (TPSA) is 44.3 Å². The van der Waals surface area contributed by atoms with E-state index in [4.69, 9.17) is 0 Å². The van der Waals surface area contributed by atoms with Crippen LogP contribution in [-0.4, -0.2) is 23.2 Å². The molecule has 3 rings (SSSR count). The van der Waals surface area contributed by atoms with E-state index in [1.165, 1.54) is 16.1 Å². The zero-order valence-electron chi connectivity index (χ0n) is 17.6. The number of hydrogen-bond donors (Lipinski definition) is 3. The molecule has 1 atom stereocenters. The highest BCUT2D eigenvalue weighted by Crippen LogP contribution is 2.40. The van der Waals surface area contributed by atoms with Crippen molar-refractivity contribution in [2.24, 2.45) is 0 Å². The Morgan fingerprint density at radius 1 is 1.00 bits per heavy atom. The summed E-state index contributed by atoms with van der Waals surface area (Å²) in [5.41, 5.74) is 4.50. The zero-order chi connectivity index (χ0) is 19.8. The van der Waals surface area contributed by atoms with Crippen LogP contribution in [0.3, 0.4) is 0 Å². The van der Waals surface area contributed by atoms with Crippen LogP contribution in [0.2, 0.25) is 0 Å². The molecule has 0 amide bonds. The molecule has 1 unspecified atom stereocenters. The molecule has 1 saturated heterocycles. The van der Waals surface area contributed by atoms with E-state index >= 15 is 0 Å². The maximum Gasteiger partial charge on any atom is 0.123 e. The normalized spacial score (nSPS) is 24.0. The Labute approximate surface area is 167 Å². The summed E-state index contributed by atoms with van der Waals surface area (Å²) < 4.78 is 3.52. The monoisotopic (exact) mass is 386 g/mol. The largest absolute Gasteiger partial charge is 0.507 e. The van der Waals surface area contributed by atoms with Gasteiger partial charge in [-0.3, -0.25) is 10.0 Å². The molecule has 1 fully saturated rings. The molecule has 1 aromatic rings. The maximum atomic E-state index is 10.9. The fraction of sp³-hybridized carbons (Fsp3) is 0.522. The number of nitrogens with one attached hydrogen (secondary N) is 2. The molecule has 2 aliphatic heterocycles. The fourth-order valence-corrected chi connectivity index (χ4v) is 5.14. The zero-order valence-corrected chi connectivity index (χ0v) is 18.4. The van der Waals surface area contributed by atoms with Crippen molar-refractivity contribution >= 4 is 21.7 Å². The SMILES string of the molecule is CC(C)(C)c1cc(/C=C2/CC/C(=S3/C=CCN3)NC2)cc(C(C)(C)C)c1O. The van der Waals surface area contributed by atoms with Crippen LogP contribution in [0.4, 0.5) is 0 Å². The van der Waals surface area contributed by atoms with E-state index in [-0.39, 0.29) is 21.5 Å². The summed E-state index contributed by atoms with van der Waals surface area (Å²) in [5, 5.41) is 16.8. The van der Waals surface area contributed by atoms with Crippen LogP contribution in [0, 0.1) is 0 Å². The minimum atomic E-state index is -0.0913. The second-order valence-corrected chi connectivity index (χ2v) is 11.3. The first-order chi connectivity index (χ1) is 12.6. The molecule has 4 heteroatoms. The molecule has 0 aliphatic carbocycles. The van der Waals surface area contributed by atoms with E-state index in [0.717, 1.165) is 37.1 Å². The smallest absolute Gasteiger partial charge is 0.123 e. The molecule has 0 aromatic heterocycles. The molecule has 0 bridgehead atoms. The number of phenols is 1. The van der Waals surface area contributed by atoms with Crippen molar-refractivity contribution in [3.8, 4) is 5.75 Å². The highest BCUT2D eigenvalue weighted by Gasteiger charge is 2.26. The first-order valence-electron chi connectivity index (χ1n) is 9.86. The predicted molar refractivity (Wildman–Crippen MR) is 120 cm³/mol. The van der Waals surface area contributed by atoms with Gasteiger partial charge in [-0.25, -0.2) is 0 Å². The molecule has 2 aliphatic rings. The first-order valence-corrected chi connectivity index (χ1v) is 11.1. The third kappa shape index (κ3) is 4.74. The average Bonchev–Trinajstić information content (AvgIpc) is 3.09. The molecular weight excluding hydrogens is 352 g/mol. The summed E-state index contributed by atoms with van der Waals surface area (Å²) in [7, 11) is 0.106. The standard InChI is InChI=1S/C23H34N2OS/c1-22(2,3)18-13-17(14-19(21(18)26)23(4,5)6)12-16-8-9-20(24-15-16)27-11-7-10-25-27/h7,11-14,24-26H,8-10,15H2,1-6H3/b16-12-. The molecule has 3 N–H and O–H groups in total. The lowest BCUT2D eigenvalue weighted by molar-refractivity contribution is 0.423. The predicted octanol–water partition coefficient (Wildman–Crippen LogP) is 5.18. The van der Waals surface area contributed by atoms with Crippen molar-refractivity contribution in [1.82, 2.24) is 10.0 Å². The van der Waals surface area contributed by atoms with Crippen molar-refractivity contribution in [2.75, 3.05) is 13.1 Å². The third-order valence-corrected chi connectivity index (χ3v) is 6.98. The van der Waals surface area contributed by atoms with Crippen LogP contribution in [0.25, 0.3) is 6.08 Å². The molecule has 2 heterocycles. The summed E-state index contributed by atoms with van der Waals surface area (Å²) in [4.78, 5) is 1.43. The van der Waals surface area contributed by atoms with Gasteiger partial charge in [-0.1, -0.05) is 69.9 Å². The highest BCUT2D eigenvalue weighted by molar-refractivity contribution is 8.17. The van der Waals surface area contributed by atoms with Crippen molar-refractivity contribution in [3.05, 3.63) is 45.9 Å². The van der Waals surface area contributed by atoms with Gasteiger partial charge in [0.05, 0.1) is 0 Å². The lowest BCUT2D eigenvalue weighted by Crippen LogP contribution is -2.31. The van der Waals surface area contributed by atoms with E-state index < -0.39 is 0 Å². The van der Waals surface area contributed by atoms with Crippen LogP contribution in [0.15, 0.2) is 29.2 Å². The third-order valence-electron chi connectivity index (χ3n) is 5.16. The Balaban J connectivity index is 1.92. The van der Waals surface area contributed by atoms with Crippen LogP contribution in [0.5, 0.6) is 5.75 Å². The molecule has 0 saturated carbocycles. The lowest BCUT2D eigenvalue weighted by Gasteiger charge is -2.28. The van der Waals surface area contributed by atoms with Crippen molar-refractivity contribution < 1.29 is 5.11 Å². The average molecular weight is 387 g/mol. The van der Waals surface area contributed by atoms with Crippen molar-refractivity contribution in [1.29, 1.82) is 0 Å². The second kappa shape index (κ2) is 7.57. The summed E-state index contributed by atoms with van der Waals surface area (Å²) in [5.74, 6) is 0.454. The van der Waals surface area contributed by atoms with Crippen molar-refractivity contribution in [3.63, 3.8) is 0 Å². The van der Waals surface area contributed by atoms with Gasteiger partial charge in [0.2, 0.25) is 0 Å². The number of phenolic OH excluding ortho intramolecular Hbond substituents is 1. The Kier molecular flexibility index (Phi) is 5.72. The quantitative estimate of drug-likeness (QED) is 0.582. The Hall–Kier alpha value is -1.36.